The Morgan fingerprint density at radius 1 is 1.31 bits per heavy atom. The molecule has 5 nitrogen and oxygen atoms in total. The van der Waals surface area contributed by atoms with Crippen molar-refractivity contribution < 1.29 is 23.7 Å². The first kappa shape index (κ1) is 12.3. The first-order valence-corrected chi connectivity index (χ1v) is 4.13. The molecule has 5 heteroatoms. The summed E-state index contributed by atoms with van der Waals surface area (Å²) in [5.41, 5.74) is 0. The zero-order chi connectivity index (χ0) is 10.2. The first-order valence-electron chi connectivity index (χ1n) is 4.13. The van der Waals surface area contributed by atoms with Gasteiger partial charge in [-0.1, -0.05) is 0 Å². The van der Waals surface area contributed by atoms with Crippen LogP contribution in [0.4, 0.5) is 0 Å². The Morgan fingerprint density at radius 2 is 2.00 bits per heavy atom. The number of carbonyl (C=O) groups excluding carboxylic acids is 1. The zero-order valence-electron chi connectivity index (χ0n) is 8.24. The highest BCUT2D eigenvalue weighted by Gasteiger charge is 2.33. The van der Waals surface area contributed by atoms with Gasteiger partial charge in [0.2, 0.25) is 0 Å². The number of hydrogen-bond acceptors (Lipinski definition) is 5. The van der Waals surface area contributed by atoms with Gasteiger partial charge in [-0.25, -0.2) is 0 Å². The van der Waals surface area contributed by atoms with Crippen molar-refractivity contribution in [2.75, 3.05) is 26.9 Å². The van der Waals surface area contributed by atoms with Gasteiger partial charge in [0, 0.05) is 13.7 Å². The summed E-state index contributed by atoms with van der Waals surface area (Å²) in [6.07, 6.45) is 0. The van der Waals surface area contributed by atoms with E-state index in [-0.39, 0.29) is 13.1 Å². The standard InChI is InChI=1S/C8H16O5/c1-4-11-6-8(10-3,12-5-2)13-7-9/h7H,4-6H2,1-3H3. The topological polar surface area (TPSA) is 54.0 Å². The fourth-order valence-corrected chi connectivity index (χ4v) is 0.796. The fourth-order valence-electron chi connectivity index (χ4n) is 0.796. The number of ether oxygens (including phenoxy) is 4. The van der Waals surface area contributed by atoms with Crippen molar-refractivity contribution in [3.63, 3.8) is 0 Å². The van der Waals surface area contributed by atoms with Crippen LogP contribution >= 0.6 is 0 Å². The SMILES string of the molecule is CCOCC(OC)(OC=O)OCC. The average molecular weight is 192 g/mol. The van der Waals surface area contributed by atoms with E-state index in [0.29, 0.717) is 13.2 Å². The lowest BCUT2D eigenvalue weighted by Gasteiger charge is -2.28. The van der Waals surface area contributed by atoms with Crippen LogP contribution in [-0.4, -0.2) is 39.4 Å². The minimum absolute atomic E-state index is 0.0621. The van der Waals surface area contributed by atoms with Crippen LogP contribution in [-0.2, 0) is 23.7 Å². The maximum Gasteiger partial charge on any atom is 0.353 e. The Kier molecular flexibility index (Phi) is 6.48. The highest BCUT2D eigenvalue weighted by Crippen LogP contribution is 2.13. The number of methoxy groups -OCH3 is 1. The van der Waals surface area contributed by atoms with Crippen LogP contribution in [0.5, 0.6) is 0 Å². The lowest BCUT2D eigenvalue weighted by molar-refractivity contribution is -0.362. The third-order valence-corrected chi connectivity index (χ3v) is 1.39. The molecule has 0 aromatic carbocycles. The van der Waals surface area contributed by atoms with Crippen molar-refractivity contribution in [1.29, 1.82) is 0 Å². The summed E-state index contributed by atoms with van der Waals surface area (Å²) in [5, 5.41) is 0. The van der Waals surface area contributed by atoms with Crippen molar-refractivity contribution in [3.05, 3.63) is 0 Å². The molecule has 0 aromatic rings. The summed E-state index contributed by atoms with van der Waals surface area (Å²) in [6.45, 7) is 4.81. The average Bonchev–Trinajstić information content (AvgIpc) is 2.15. The van der Waals surface area contributed by atoms with Gasteiger partial charge in [0.15, 0.2) is 0 Å². The largest absolute Gasteiger partial charge is 0.408 e. The smallest absolute Gasteiger partial charge is 0.353 e. The molecular weight excluding hydrogens is 176 g/mol. The van der Waals surface area contributed by atoms with Crippen molar-refractivity contribution in [2.24, 2.45) is 0 Å². The number of hydrogen-bond donors (Lipinski definition) is 0. The van der Waals surface area contributed by atoms with E-state index in [0.717, 1.165) is 0 Å². The third-order valence-electron chi connectivity index (χ3n) is 1.39. The van der Waals surface area contributed by atoms with Crippen molar-refractivity contribution in [1.82, 2.24) is 0 Å². The first-order chi connectivity index (χ1) is 6.24. The molecule has 0 amide bonds. The summed E-state index contributed by atoms with van der Waals surface area (Å²) >= 11 is 0. The fraction of sp³-hybridized carbons (Fsp3) is 0.875. The van der Waals surface area contributed by atoms with Crippen LogP contribution < -0.4 is 0 Å². The Morgan fingerprint density at radius 3 is 2.38 bits per heavy atom. The van der Waals surface area contributed by atoms with Crippen LogP contribution in [0, 0.1) is 0 Å². The predicted octanol–water partition coefficient (Wildman–Crippen LogP) is 0.533. The third kappa shape index (κ3) is 4.21. The molecule has 1 atom stereocenters. The van der Waals surface area contributed by atoms with Gasteiger partial charge < -0.3 is 18.9 Å². The molecule has 0 aliphatic heterocycles. The van der Waals surface area contributed by atoms with E-state index in [2.05, 4.69) is 4.74 Å². The van der Waals surface area contributed by atoms with Crippen molar-refractivity contribution >= 4 is 6.47 Å². The molecule has 0 radical (unpaired) electrons. The second-order valence-electron chi connectivity index (χ2n) is 2.17. The molecule has 0 heterocycles. The molecule has 0 aliphatic rings. The molecule has 0 rings (SSSR count). The van der Waals surface area contributed by atoms with Gasteiger partial charge in [-0.2, -0.15) is 0 Å². The maximum absolute atomic E-state index is 10.2. The molecule has 13 heavy (non-hydrogen) atoms. The Balaban J connectivity index is 4.15. The lowest BCUT2D eigenvalue weighted by atomic mass is 10.5. The van der Waals surface area contributed by atoms with Gasteiger partial charge >= 0.3 is 5.97 Å². The number of carbonyl (C=O) groups is 1. The molecule has 0 saturated heterocycles. The predicted molar refractivity (Wildman–Crippen MR) is 45.0 cm³/mol. The van der Waals surface area contributed by atoms with Crippen LogP contribution in [0.25, 0.3) is 0 Å². The Labute approximate surface area is 77.9 Å². The molecule has 0 aromatic heterocycles. The van der Waals surface area contributed by atoms with Gasteiger partial charge in [0.05, 0.1) is 6.61 Å². The monoisotopic (exact) mass is 192 g/mol. The van der Waals surface area contributed by atoms with Crippen molar-refractivity contribution in [2.45, 2.75) is 19.8 Å². The van der Waals surface area contributed by atoms with Crippen LogP contribution in [0.3, 0.4) is 0 Å². The van der Waals surface area contributed by atoms with Gasteiger partial charge in [-0.3, -0.25) is 4.79 Å². The summed E-state index contributed by atoms with van der Waals surface area (Å²) in [7, 11) is 1.39. The van der Waals surface area contributed by atoms with Gasteiger partial charge in [0.25, 0.3) is 6.47 Å². The minimum atomic E-state index is -1.40. The van der Waals surface area contributed by atoms with Gasteiger partial charge in [-0.05, 0) is 13.8 Å². The molecule has 0 saturated carbocycles. The normalized spacial score (nSPS) is 15.0. The number of rotatable bonds is 8. The second kappa shape index (κ2) is 6.82. The van der Waals surface area contributed by atoms with Crippen LogP contribution in [0.2, 0.25) is 0 Å². The molecule has 1 unspecified atom stereocenters. The highest BCUT2D eigenvalue weighted by molar-refractivity contribution is 5.37. The molecule has 0 fully saturated rings. The lowest BCUT2D eigenvalue weighted by Crippen LogP contribution is -2.42. The Hall–Kier alpha value is -0.650. The second-order valence-corrected chi connectivity index (χ2v) is 2.17. The Bertz CT molecular complexity index is 138. The van der Waals surface area contributed by atoms with Gasteiger partial charge in [-0.15, -0.1) is 0 Å². The molecule has 0 N–H and O–H groups in total. The quantitative estimate of drug-likeness (QED) is 0.415. The van der Waals surface area contributed by atoms with E-state index < -0.39 is 5.97 Å². The highest BCUT2D eigenvalue weighted by atomic mass is 16.9. The summed E-state index contributed by atoms with van der Waals surface area (Å²) in [5.74, 6) is -1.40. The molecule has 0 bridgehead atoms. The van der Waals surface area contributed by atoms with Gasteiger partial charge in [0.1, 0.15) is 6.61 Å². The van der Waals surface area contributed by atoms with Crippen LogP contribution in [0.15, 0.2) is 0 Å². The molecule has 78 valence electrons. The van der Waals surface area contributed by atoms with E-state index in [9.17, 15) is 4.79 Å². The molecule has 0 aliphatic carbocycles. The van der Waals surface area contributed by atoms with E-state index in [1.165, 1.54) is 7.11 Å². The van der Waals surface area contributed by atoms with E-state index in [4.69, 9.17) is 14.2 Å². The summed E-state index contributed by atoms with van der Waals surface area (Å²) in [6, 6.07) is 0. The minimum Gasteiger partial charge on any atom is -0.408 e. The van der Waals surface area contributed by atoms with E-state index >= 15 is 0 Å². The van der Waals surface area contributed by atoms with E-state index in [1.807, 2.05) is 6.92 Å². The molecule has 0 spiro atoms. The van der Waals surface area contributed by atoms with Crippen molar-refractivity contribution in [3.8, 4) is 0 Å². The van der Waals surface area contributed by atoms with Crippen LogP contribution in [0.1, 0.15) is 13.8 Å². The maximum atomic E-state index is 10.2. The zero-order valence-corrected chi connectivity index (χ0v) is 8.24. The summed E-state index contributed by atoms with van der Waals surface area (Å²) < 4.78 is 19.8. The van der Waals surface area contributed by atoms with E-state index in [1.54, 1.807) is 6.92 Å². The summed E-state index contributed by atoms with van der Waals surface area (Å²) in [4.78, 5) is 10.2. The molecular formula is C8H16O5.